The van der Waals surface area contributed by atoms with Crippen LogP contribution >= 0.6 is 15.9 Å². The molecule has 22 heavy (non-hydrogen) atoms. The molecule has 0 fully saturated rings. The summed E-state index contributed by atoms with van der Waals surface area (Å²) in [5, 5.41) is 6.67. The van der Waals surface area contributed by atoms with E-state index in [2.05, 4.69) is 26.3 Å². The average Bonchev–Trinajstić information content (AvgIpc) is 3.00. The van der Waals surface area contributed by atoms with Crippen LogP contribution in [0.3, 0.4) is 0 Å². The van der Waals surface area contributed by atoms with E-state index in [9.17, 15) is 9.18 Å². The molecule has 1 N–H and O–H groups in total. The molecule has 0 unspecified atom stereocenters. The molecule has 0 aliphatic carbocycles. The summed E-state index contributed by atoms with van der Waals surface area (Å²) in [6, 6.07) is 13.5. The van der Waals surface area contributed by atoms with E-state index in [-0.39, 0.29) is 5.69 Å². The van der Waals surface area contributed by atoms with Crippen LogP contribution in [0.25, 0.3) is 5.69 Å². The quantitative estimate of drug-likeness (QED) is 0.767. The van der Waals surface area contributed by atoms with Crippen LogP contribution in [0.2, 0.25) is 0 Å². The lowest BCUT2D eigenvalue weighted by Crippen LogP contribution is -2.12. The Kier molecular flexibility index (Phi) is 4.02. The van der Waals surface area contributed by atoms with Crippen LogP contribution in [0.15, 0.2) is 65.4 Å². The van der Waals surface area contributed by atoms with Gasteiger partial charge in [-0.25, -0.2) is 9.07 Å². The fraction of sp³-hybridized carbons (Fsp3) is 0. The molecule has 3 aromatic rings. The van der Waals surface area contributed by atoms with E-state index in [1.807, 2.05) is 24.3 Å². The number of aromatic nitrogens is 2. The van der Waals surface area contributed by atoms with E-state index in [4.69, 9.17) is 0 Å². The number of hydrogen-bond donors (Lipinski definition) is 1. The molecule has 0 bridgehead atoms. The number of hydrogen-bond acceptors (Lipinski definition) is 2. The Morgan fingerprint density at radius 3 is 2.59 bits per heavy atom. The van der Waals surface area contributed by atoms with Crippen molar-refractivity contribution in [3.8, 4) is 5.69 Å². The minimum absolute atomic E-state index is 0.142. The zero-order valence-corrected chi connectivity index (χ0v) is 12.9. The molecule has 4 nitrogen and oxygen atoms in total. The number of para-hydroxylation sites is 1. The molecule has 0 spiro atoms. The normalized spacial score (nSPS) is 10.5. The monoisotopic (exact) mass is 359 g/mol. The fourth-order valence-corrected chi connectivity index (χ4v) is 2.20. The highest BCUT2D eigenvalue weighted by Gasteiger charge is 2.11. The van der Waals surface area contributed by atoms with Gasteiger partial charge in [-0.05, 0) is 36.4 Å². The van der Waals surface area contributed by atoms with Gasteiger partial charge < -0.3 is 5.32 Å². The fourth-order valence-electron chi connectivity index (χ4n) is 1.93. The highest BCUT2D eigenvalue weighted by Crippen LogP contribution is 2.16. The molecule has 6 heteroatoms. The highest BCUT2D eigenvalue weighted by molar-refractivity contribution is 9.10. The number of anilines is 1. The number of amides is 1. The maximum absolute atomic E-state index is 13.5. The lowest BCUT2D eigenvalue weighted by atomic mass is 10.2. The first-order chi connectivity index (χ1) is 10.6. The molecule has 3 rings (SSSR count). The summed E-state index contributed by atoms with van der Waals surface area (Å²) >= 11 is 3.36. The molecule has 0 saturated carbocycles. The molecule has 1 heterocycles. The van der Waals surface area contributed by atoms with E-state index in [0.717, 1.165) is 10.2 Å². The first-order valence-corrected chi connectivity index (χ1v) is 7.29. The third kappa shape index (κ3) is 3.07. The number of halogens is 2. The van der Waals surface area contributed by atoms with Gasteiger partial charge in [-0.2, -0.15) is 5.10 Å². The summed E-state index contributed by atoms with van der Waals surface area (Å²) in [7, 11) is 0. The average molecular weight is 360 g/mol. The zero-order chi connectivity index (χ0) is 15.5. The van der Waals surface area contributed by atoms with Crippen molar-refractivity contribution >= 4 is 27.5 Å². The number of benzene rings is 2. The predicted octanol–water partition coefficient (Wildman–Crippen LogP) is 4.03. The Bertz CT molecular complexity index is 814. The molecular formula is C16H11BrFN3O. The van der Waals surface area contributed by atoms with Gasteiger partial charge in [0.2, 0.25) is 0 Å². The van der Waals surface area contributed by atoms with Crippen molar-refractivity contribution < 1.29 is 9.18 Å². The molecule has 0 radical (unpaired) electrons. The molecule has 0 aliphatic rings. The van der Waals surface area contributed by atoms with Crippen molar-refractivity contribution in [1.82, 2.24) is 9.78 Å². The molecule has 1 aromatic heterocycles. The van der Waals surface area contributed by atoms with Crippen LogP contribution in [0.1, 0.15) is 10.4 Å². The van der Waals surface area contributed by atoms with Crippen LogP contribution < -0.4 is 5.32 Å². The van der Waals surface area contributed by atoms with Gasteiger partial charge in [-0.1, -0.05) is 28.1 Å². The lowest BCUT2D eigenvalue weighted by molar-refractivity contribution is 0.102. The van der Waals surface area contributed by atoms with Gasteiger partial charge in [0.05, 0.1) is 23.1 Å². The van der Waals surface area contributed by atoms with E-state index < -0.39 is 11.7 Å². The highest BCUT2D eigenvalue weighted by atomic mass is 79.9. The molecule has 0 saturated heterocycles. The second-order valence-corrected chi connectivity index (χ2v) is 5.50. The van der Waals surface area contributed by atoms with Crippen LogP contribution in [0.5, 0.6) is 0 Å². The Morgan fingerprint density at radius 2 is 1.86 bits per heavy atom. The van der Waals surface area contributed by atoms with E-state index in [0.29, 0.717) is 5.56 Å². The Balaban J connectivity index is 1.80. The molecule has 0 atom stereocenters. The van der Waals surface area contributed by atoms with E-state index in [1.54, 1.807) is 23.0 Å². The zero-order valence-electron chi connectivity index (χ0n) is 11.3. The summed E-state index contributed by atoms with van der Waals surface area (Å²) in [6.07, 6.45) is 3.04. The summed E-state index contributed by atoms with van der Waals surface area (Å²) in [5.41, 5.74) is 1.32. The minimum Gasteiger partial charge on any atom is -0.319 e. The van der Waals surface area contributed by atoms with Gasteiger partial charge in [0, 0.05) is 10.7 Å². The van der Waals surface area contributed by atoms with Gasteiger partial charge in [0.25, 0.3) is 5.91 Å². The van der Waals surface area contributed by atoms with Crippen molar-refractivity contribution in [2.75, 3.05) is 5.32 Å². The van der Waals surface area contributed by atoms with Crippen LogP contribution in [-0.2, 0) is 0 Å². The van der Waals surface area contributed by atoms with Gasteiger partial charge >= 0.3 is 0 Å². The lowest BCUT2D eigenvalue weighted by Gasteiger charge is -2.04. The molecule has 2 aromatic carbocycles. The van der Waals surface area contributed by atoms with Crippen molar-refractivity contribution in [3.63, 3.8) is 0 Å². The number of rotatable bonds is 3. The topological polar surface area (TPSA) is 46.9 Å². The van der Waals surface area contributed by atoms with Crippen molar-refractivity contribution in [3.05, 3.63) is 76.8 Å². The van der Waals surface area contributed by atoms with E-state index in [1.165, 1.54) is 18.3 Å². The second kappa shape index (κ2) is 6.11. The van der Waals surface area contributed by atoms with Crippen molar-refractivity contribution in [1.29, 1.82) is 0 Å². The number of carbonyl (C=O) groups excluding carboxylic acids is 1. The van der Waals surface area contributed by atoms with Gasteiger partial charge in [-0.3, -0.25) is 4.79 Å². The van der Waals surface area contributed by atoms with Crippen molar-refractivity contribution in [2.24, 2.45) is 0 Å². The maximum Gasteiger partial charge on any atom is 0.258 e. The van der Waals surface area contributed by atoms with Gasteiger partial charge in [0.15, 0.2) is 0 Å². The van der Waals surface area contributed by atoms with Crippen LogP contribution in [0.4, 0.5) is 10.1 Å². The minimum atomic E-state index is -0.476. The largest absolute Gasteiger partial charge is 0.319 e. The van der Waals surface area contributed by atoms with E-state index >= 15 is 0 Å². The third-order valence-corrected chi connectivity index (χ3v) is 3.59. The molecule has 0 aliphatic heterocycles. The molecule has 1 amide bonds. The maximum atomic E-state index is 13.5. The number of nitrogens with zero attached hydrogens (tertiary/aromatic N) is 2. The van der Waals surface area contributed by atoms with Crippen LogP contribution in [-0.4, -0.2) is 15.7 Å². The Morgan fingerprint density at radius 1 is 1.14 bits per heavy atom. The molecule has 110 valence electrons. The Hall–Kier alpha value is -2.47. The smallest absolute Gasteiger partial charge is 0.258 e. The third-order valence-electron chi connectivity index (χ3n) is 3.06. The molecular weight excluding hydrogens is 349 g/mol. The summed E-state index contributed by atoms with van der Waals surface area (Å²) in [4.78, 5) is 12.1. The number of nitrogens with one attached hydrogen (secondary N) is 1. The summed E-state index contributed by atoms with van der Waals surface area (Å²) in [5.74, 6) is -0.885. The Labute approximate surface area is 134 Å². The summed E-state index contributed by atoms with van der Waals surface area (Å²) in [6.45, 7) is 0. The van der Waals surface area contributed by atoms with Crippen LogP contribution in [0, 0.1) is 5.82 Å². The van der Waals surface area contributed by atoms with Crippen molar-refractivity contribution in [2.45, 2.75) is 0 Å². The summed E-state index contributed by atoms with van der Waals surface area (Å²) < 4.78 is 16.1. The second-order valence-electron chi connectivity index (χ2n) is 4.58. The first-order valence-electron chi connectivity index (χ1n) is 6.50. The standard InChI is InChI=1S/C16H11BrFN3O/c17-12-5-7-13(8-6-12)21-10-11(9-19-21)16(22)20-15-4-2-1-3-14(15)18/h1-10H,(H,20,22). The predicted molar refractivity (Wildman–Crippen MR) is 85.6 cm³/mol. The van der Waals surface area contributed by atoms with Gasteiger partial charge in [0.1, 0.15) is 5.82 Å². The SMILES string of the molecule is O=C(Nc1ccccc1F)c1cnn(-c2ccc(Br)cc2)c1. The first kappa shape index (κ1) is 14.5. The van der Waals surface area contributed by atoms with Gasteiger partial charge in [-0.15, -0.1) is 0 Å². The number of carbonyl (C=O) groups is 1.